The van der Waals surface area contributed by atoms with E-state index in [1.807, 2.05) is 25.1 Å². The molecule has 0 fully saturated rings. The summed E-state index contributed by atoms with van der Waals surface area (Å²) in [6.45, 7) is 5.05. The van der Waals surface area contributed by atoms with Crippen molar-refractivity contribution >= 4 is 12.0 Å². The van der Waals surface area contributed by atoms with Crippen molar-refractivity contribution in [1.29, 1.82) is 0 Å². The lowest BCUT2D eigenvalue weighted by molar-refractivity contribution is -0.143. The van der Waals surface area contributed by atoms with Crippen molar-refractivity contribution in [3.8, 4) is 5.75 Å². The summed E-state index contributed by atoms with van der Waals surface area (Å²) >= 11 is 0. The van der Waals surface area contributed by atoms with Crippen LogP contribution >= 0.6 is 0 Å². The molecule has 26 heavy (non-hydrogen) atoms. The summed E-state index contributed by atoms with van der Waals surface area (Å²) in [7, 11) is 0. The minimum atomic E-state index is -0.154. The second-order valence-corrected chi connectivity index (χ2v) is 6.61. The molecular weight excluding hydrogens is 324 g/mol. The first kappa shape index (κ1) is 22.3. The van der Waals surface area contributed by atoms with Gasteiger partial charge in [0.15, 0.2) is 0 Å². The van der Waals surface area contributed by atoms with E-state index >= 15 is 0 Å². The van der Waals surface area contributed by atoms with E-state index in [2.05, 4.69) is 25.1 Å². The zero-order valence-corrected chi connectivity index (χ0v) is 16.7. The number of carbonyl (C=O) groups excluding carboxylic acids is 1. The van der Waals surface area contributed by atoms with Crippen molar-refractivity contribution in [3.05, 3.63) is 35.9 Å². The van der Waals surface area contributed by atoms with Gasteiger partial charge in [-0.2, -0.15) is 0 Å². The minimum absolute atomic E-state index is 0.154. The van der Waals surface area contributed by atoms with E-state index in [1.165, 1.54) is 44.9 Å². The SMILES string of the molecule is CCCCCCCCCC=Cc1ccccc1OCCCC(=O)OCC. The van der Waals surface area contributed by atoms with Crippen LogP contribution in [0.2, 0.25) is 0 Å². The number of allylic oxidation sites excluding steroid dienone is 1. The summed E-state index contributed by atoms with van der Waals surface area (Å²) in [4.78, 5) is 11.3. The van der Waals surface area contributed by atoms with Crippen molar-refractivity contribution in [1.82, 2.24) is 0 Å². The molecule has 3 heteroatoms. The molecule has 0 N–H and O–H groups in total. The van der Waals surface area contributed by atoms with E-state index in [-0.39, 0.29) is 5.97 Å². The molecule has 0 aliphatic carbocycles. The minimum Gasteiger partial charge on any atom is -0.493 e. The number of hydrogen-bond donors (Lipinski definition) is 0. The zero-order valence-electron chi connectivity index (χ0n) is 16.7. The second kappa shape index (κ2) is 15.5. The van der Waals surface area contributed by atoms with Crippen LogP contribution < -0.4 is 4.74 Å². The number of esters is 1. The molecule has 0 atom stereocenters. The molecule has 0 bridgehead atoms. The molecule has 1 aromatic carbocycles. The van der Waals surface area contributed by atoms with Crippen LogP contribution in [-0.2, 0) is 9.53 Å². The maximum Gasteiger partial charge on any atom is 0.305 e. The van der Waals surface area contributed by atoms with Gasteiger partial charge in [0.2, 0.25) is 0 Å². The van der Waals surface area contributed by atoms with Crippen molar-refractivity contribution in [2.24, 2.45) is 0 Å². The lowest BCUT2D eigenvalue weighted by Crippen LogP contribution is -2.07. The van der Waals surface area contributed by atoms with Gasteiger partial charge in [-0.05, 0) is 32.3 Å². The molecule has 0 spiro atoms. The lowest BCUT2D eigenvalue weighted by atomic mass is 10.1. The summed E-state index contributed by atoms with van der Waals surface area (Å²) in [6.07, 6.45) is 16.0. The van der Waals surface area contributed by atoms with Crippen molar-refractivity contribution in [2.75, 3.05) is 13.2 Å². The molecule has 0 radical (unpaired) electrons. The van der Waals surface area contributed by atoms with Gasteiger partial charge in [-0.1, -0.05) is 75.8 Å². The third-order valence-electron chi connectivity index (χ3n) is 4.28. The largest absolute Gasteiger partial charge is 0.493 e. The topological polar surface area (TPSA) is 35.5 Å². The number of hydrogen-bond acceptors (Lipinski definition) is 3. The van der Waals surface area contributed by atoms with E-state index in [1.54, 1.807) is 0 Å². The van der Waals surface area contributed by atoms with Gasteiger partial charge in [0.1, 0.15) is 5.75 Å². The highest BCUT2D eigenvalue weighted by atomic mass is 16.5. The van der Waals surface area contributed by atoms with Crippen LogP contribution in [0, 0.1) is 0 Å². The molecular formula is C23H36O3. The van der Waals surface area contributed by atoms with Crippen LogP contribution in [0.3, 0.4) is 0 Å². The van der Waals surface area contributed by atoms with Crippen LogP contribution in [0.1, 0.15) is 83.6 Å². The quantitative estimate of drug-likeness (QED) is 0.262. The average Bonchev–Trinajstić information content (AvgIpc) is 2.65. The van der Waals surface area contributed by atoms with Crippen LogP contribution in [0.25, 0.3) is 6.08 Å². The molecule has 1 rings (SSSR count). The Kier molecular flexibility index (Phi) is 13.3. The monoisotopic (exact) mass is 360 g/mol. The van der Waals surface area contributed by atoms with Gasteiger partial charge in [-0.3, -0.25) is 4.79 Å². The molecule has 0 aliphatic rings. The molecule has 3 nitrogen and oxygen atoms in total. The Hall–Kier alpha value is -1.77. The molecule has 0 aromatic heterocycles. The van der Waals surface area contributed by atoms with E-state index in [0.29, 0.717) is 26.1 Å². The van der Waals surface area contributed by atoms with Gasteiger partial charge in [-0.15, -0.1) is 0 Å². The number of carbonyl (C=O) groups is 1. The molecule has 1 aromatic rings. The summed E-state index contributed by atoms with van der Waals surface area (Å²) in [6, 6.07) is 8.06. The summed E-state index contributed by atoms with van der Waals surface area (Å²) in [5, 5.41) is 0. The van der Waals surface area contributed by atoms with E-state index in [0.717, 1.165) is 17.7 Å². The van der Waals surface area contributed by atoms with Gasteiger partial charge in [0, 0.05) is 12.0 Å². The van der Waals surface area contributed by atoms with Crippen molar-refractivity contribution in [2.45, 2.75) is 78.1 Å². The Morgan fingerprint density at radius 2 is 1.69 bits per heavy atom. The number of rotatable bonds is 15. The second-order valence-electron chi connectivity index (χ2n) is 6.61. The maximum absolute atomic E-state index is 11.3. The number of benzene rings is 1. The van der Waals surface area contributed by atoms with Gasteiger partial charge >= 0.3 is 5.97 Å². The smallest absolute Gasteiger partial charge is 0.305 e. The Morgan fingerprint density at radius 3 is 2.46 bits per heavy atom. The van der Waals surface area contributed by atoms with Crippen LogP contribution in [0.5, 0.6) is 5.75 Å². The highest BCUT2D eigenvalue weighted by Crippen LogP contribution is 2.20. The maximum atomic E-state index is 11.3. The zero-order chi connectivity index (χ0) is 18.9. The first-order chi connectivity index (χ1) is 12.8. The fourth-order valence-corrected chi connectivity index (χ4v) is 2.81. The van der Waals surface area contributed by atoms with Gasteiger partial charge in [0.05, 0.1) is 13.2 Å². The normalized spacial score (nSPS) is 11.0. The number of unbranched alkanes of at least 4 members (excludes halogenated alkanes) is 7. The standard InChI is InChI=1S/C23H36O3/c1-3-5-6-7-8-9-10-11-12-16-21-17-13-14-18-22(21)26-20-15-19-23(24)25-4-2/h12-14,16-18H,3-11,15,19-20H2,1-2H3. The molecule has 0 amide bonds. The molecule has 0 saturated heterocycles. The number of para-hydroxylation sites is 1. The van der Waals surface area contributed by atoms with Crippen LogP contribution in [0.15, 0.2) is 30.3 Å². The Labute approximate surface area is 159 Å². The highest BCUT2D eigenvalue weighted by Gasteiger charge is 2.03. The molecule has 146 valence electrons. The Balaban J connectivity index is 2.24. The Morgan fingerprint density at radius 1 is 0.962 bits per heavy atom. The predicted molar refractivity (Wildman–Crippen MR) is 109 cm³/mol. The highest BCUT2D eigenvalue weighted by molar-refractivity contribution is 5.69. The fourth-order valence-electron chi connectivity index (χ4n) is 2.81. The lowest BCUT2D eigenvalue weighted by Gasteiger charge is -2.09. The Bertz CT molecular complexity index is 508. The van der Waals surface area contributed by atoms with Crippen LogP contribution in [-0.4, -0.2) is 19.2 Å². The van der Waals surface area contributed by atoms with E-state index in [9.17, 15) is 4.79 Å². The third kappa shape index (κ3) is 11.0. The molecule has 0 aliphatic heterocycles. The summed E-state index contributed by atoms with van der Waals surface area (Å²) < 4.78 is 10.8. The van der Waals surface area contributed by atoms with E-state index < -0.39 is 0 Å². The van der Waals surface area contributed by atoms with Crippen LogP contribution in [0.4, 0.5) is 0 Å². The predicted octanol–water partition coefficient (Wildman–Crippen LogP) is 6.56. The van der Waals surface area contributed by atoms with Gasteiger partial charge < -0.3 is 9.47 Å². The van der Waals surface area contributed by atoms with Crippen molar-refractivity contribution < 1.29 is 14.3 Å². The molecule has 0 saturated carbocycles. The fraction of sp³-hybridized carbons (Fsp3) is 0.609. The molecule has 0 heterocycles. The van der Waals surface area contributed by atoms with Crippen molar-refractivity contribution in [3.63, 3.8) is 0 Å². The first-order valence-corrected chi connectivity index (χ1v) is 10.3. The third-order valence-corrected chi connectivity index (χ3v) is 4.28. The summed E-state index contributed by atoms with van der Waals surface area (Å²) in [5.41, 5.74) is 1.10. The summed E-state index contributed by atoms with van der Waals surface area (Å²) in [5.74, 6) is 0.728. The van der Waals surface area contributed by atoms with Gasteiger partial charge in [0.25, 0.3) is 0 Å². The first-order valence-electron chi connectivity index (χ1n) is 10.3. The van der Waals surface area contributed by atoms with E-state index in [4.69, 9.17) is 9.47 Å². The number of ether oxygens (including phenoxy) is 2. The average molecular weight is 361 g/mol. The van der Waals surface area contributed by atoms with Gasteiger partial charge in [-0.25, -0.2) is 0 Å². The molecule has 0 unspecified atom stereocenters.